The Balaban J connectivity index is 1.36. The molecule has 6 rings (SSSR count). The highest BCUT2D eigenvalue weighted by Gasteiger charge is 2.25. The van der Waals surface area contributed by atoms with Crippen LogP contribution in [0.5, 0.6) is 0 Å². The Morgan fingerprint density at radius 3 is 2.68 bits per heavy atom. The molecule has 1 aliphatic rings. The summed E-state index contributed by atoms with van der Waals surface area (Å²) in [5.41, 5.74) is 4.72. The van der Waals surface area contributed by atoms with Crippen LogP contribution in [0.3, 0.4) is 0 Å². The van der Waals surface area contributed by atoms with E-state index in [0.717, 1.165) is 48.2 Å². The van der Waals surface area contributed by atoms with Crippen LogP contribution in [0, 0.1) is 11.7 Å². The van der Waals surface area contributed by atoms with Gasteiger partial charge in [0.15, 0.2) is 0 Å². The molecule has 0 bridgehead atoms. The fraction of sp³-hybridized carbons (Fsp3) is 0.267. The second kappa shape index (κ2) is 9.95. The average Bonchev–Trinajstić information content (AvgIpc) is 3.54. The molecule has 1 amide bonds. The number of pyridine rings is 3. The summed E-state index contributed by atoms with van der Waals surface area (Å²) < 4.78 is 15.4. The van der Waals surface area contributed by atoms with Crippen molar-refractivity contribution in [1.82, 2.24) is 29.7 Å². The zero-order valence-electron chi connectivity index (χ0n) is 21.5. The molecule has 0 saturated carbocycles. The van der Waals surface area contributed by atoms with E-state index in [1.807, 2.05) is 42.2 Å². The maximum absolute atomic E-state index is 15.4. The molecule has 5 aromatic rings. The van der Waals surface area contributed by atoms with E-state index in [9.17, 15) is 4.79 Å². The predicted molar refractivity (Wildman–Crippen MR) is 147 cm³/mol. The Morgan fingerprint density at radius 2 is 1.97 bits per heavy atom. The van der Waals surface area contributed by atoms with E-state index in [0.29, 0.717) is 40.2 Å². The van der Waals surface area contributed by atoms with Gasteiger partial charge in [0.1, 0.15) is 11.5 Å². The van der Waals surface area contributed by atoms with Gasteiger partial charge in [-0.25, -0.2) is 9.37 Å². The lowest BCUT2D eigenvalue weighted by molar-refractivity contribution is 0.0740. The van der Waals surface area contributed by atoms with Gasteiger partial charge in [-0.1, -0.05) is 12.1 Å². The minimum Gasteiger partial charge on any atom is -0.339 e. The van der Waals surface area contributed by atoms with Crippen LogP contribution in [0.2, 0.25) is 0 Å². The first-order valence-electron chi connectivity index (χ1n) is 13.0. The topological polar surface area (TPSA) is 78.0 Å². The van der Waals surface area contributed by atoms with E-state index in [1.165, 1.54) is 6.20 Å². The van der Waals surface area contributed by atoms with Gasteiger partial charge in [0, 0.05) is 59.5 Å². The largest absolute Gasteiger partial charge is 0.339 e. The lowest BCUT2D eigenvalue weighted by Crippen LogP contribution is -2.36. The van der Waals surface area contributed by atoms with Crippen LogP contribution in [-0.2, 0) is 0 Å². The van der Waals surface area contributed by atoms with Crippen molar-refractivity contribution < 1.29 is 9.18 Å². The molecule has 0 spiro atoms. The molecule has 192 valence electrons. The van der Waals surface area contributed by atoms with E-state index in [1.54, 1.807) is 30.7 Å². The number of rotatable bonds is 6. The molecule has 1 fully saturated rings. The SMILES string of the molecule is CCN(CC1CCN(C)C1)C(=O)c1ccc(-c2c(F)cnc3[nH]c4cnc(-c5cccnc5)cc4c23)cc1. The number of aromatic nitrogens is 4. The Kier molecular flexibility index (Phi) is 6.33. The van der Waals surface area contributed by atoms with E-state index >= 15 is 4.39 Å². The minimum absolute atomic E-state index is 0.00762. The van der Waals surface area contributed by atoms with Crippen molar-refractivity contribution in [2.45, 2.75) is 13.3 Å². The number of hydrogen-bond donors (Lipinski definition) is 1. The summed E-state index contributed by atoms with van der Waals surface area (Å²) in [5.74, 6) is 0.0845. The number of likely N-dealkylation sites (tertiary alicyclic amines) is 1. The number of hydrogen-bond acceptors (Lipinski definition) is 5. The molecular weight excluding hydrogens is 479 g/mol. The van der Waals surface area contributed by atoms with Crippen molar-refractivity contribution in [3.05, 3.63) is 78.6 Å². The quantitative estimate of drug-likeness (QED) is 0.333. The van der Waals surface area contributed by atoms with Gasteiger partial charge in [0.2, 0.25) is 0 Å². The fourth-order valence-corrected chi connectivity index (χ4v) is 5.49. The highest BCUT2D eigenvalue weighted by atomic mass is 19.1. The zero-order chi connectivity index (χ0) is 26.2. The summed E-state index contributed by atoms with van der Waals surface area (Å²) in [6, 6.07) is 13.0. The summed E-state index contributed by atoms with van der Waals surface area (Å²) in [6.45, 7) is 5.51. The Hall–Kier alpha value is -4.17. The molecule has 1 N–H and O–H groups in total. The molecule has 1 atom stereocenters. The smallest absolute Gasteiger partial charge is 0.253 e. The van der Waals surface area contributed by atoms with Crippen LogP contribution in [0.25, 0.3) is 44.3 Å². The van der Waals surface area contributed by atoms with Crippen LogP contribution >= 0.6 is 0 Å². The van der Waals surface area contributed by atoms with Crippen LogP contribution in [-0.4, -0.2) is 68.9 Å². The lowest BCUT2D eigenvalue weighted by Gasteiger charge is -2.24. The van der Waals surface area contributed by atoms with E-state index in [4.69, 9.17) is 0 Å². The predicted octanol–water partition coefficient (Wildman–Crippen LogP) is 5.39. The third kappa shape index (κ3) is 4.41. The van der Waals surface area contributed by atoms with Crippen molar-refractivity contribution in [3.63, 3.8) is 0 Å². The molecule has 0 radical (unpaired) electrons. The van der Waals surface area contributed by atoms with Crippen molar-refractivity contribution >= 4 is 27.8 Å². The summed E-state index contributed by atoms with van der Waals surface area (Å²) in [4.78, 5) is 33.8. The maximum Gasteiger partial charge on any atom is 0.253 e. The molecule has 1 aromatic carbocycles. The number of halogens is 1. The van der Waals surface area contributed by atoms with Crippen LogP contribution in [0.1, 0.15) is 23.7 Å². The van der Waals surface area contributed by atoms with Gasteiger partial charge in [-0.2, -0.15) is 0 Å². The summed E-state index contributed by atoms with van der Waals surface area (Å²) >= 11 is 0. The van der Waals surface area contributed by atoms with E-state index in [2.05, 4.69) is 31.9 Å². The first-order chi connectivity index (χ1) is 18.5. The number of nitrogens with zero attached hydrogens (tertiary/aromatic N) is 5. The van der Waals surface area contributed by atoms with Gasteiger partial charge in [0.05, 0.1) is 23.6 Å². The average molecular weight is 509 g/mol. The van der Waals surface area contributed by atoms with Crippen LogP contribution in [0.4, 0.5) is 4.39 Å². The second-order valence-electron chi connectivity index (χ2n) is 10.0. The standard InChI is InChI=1S/C30H29FN6O/c1-3-37(18-19-10-12-36(2)17-19)30(38)21-8-6-20(7-9-21)27-24(31)15-34-29-28(27)23-13-25(33-16-26(23)35-29)22-5-4-11-32-14-22/h4-9,11,13-16,19H,3,10,12,17-18H2,1-2H3,(H,34,35). The van der Waals surface area contributed by atoms with Crippen molar-refractivity contribution in [2.75, 3.05) is 33.2 Å². The summed E-state index contributed by atoms with van der Waals surface area (Å²) in [7, 11) is 2.12. The first-order valence-corrected chi connectivity index (χ1v) is 13.0. The Morgan fingerprint density at radius 1 is 1.13 bits per heavy atom. The van der Waals surface area contributed by atoms with Gasteiger partial charge < -0.3 is 14.8 Å². The third-order valence-corrected chi connectivity index (χ3v) is 7.47. The molecule has 1 aliphatic heterocycles. The number of H-pyrrole nitrogens is 1. The van der Waals surface area contributed by atoms with Gasteiger partial charge in [-0.3, -0.25) is 14.8 Å². The second-order valence-corrected chi connectivity index (χ2v) is 10.0. The van der Waals surface area contributed by atoms with Crippen molar-refractivity contribution in [2.24, 2.45) is 5.92 Å². The maximum atomic E-state index is 15.4. The number of nitrogens with one attached hydrogen (secondary N) is 1. The number of benzene rings is 1. The highest BCUT2D eigenvalue weighted by molar-refractivity contribution is 6.13. The monoisotopic (exact) mass is 508 g/mol. The molecule has 4 aromatic heterocycles. The summed E-state index contributed by atoms with van der Waals surface area (Å²) in [6.07, 6.45) is 7.55. The molecule has 7 nitrogen and oxygen atoms in total. The fourth-order valence-electron chi connectivity index (χ4n) is 5.49. The van der Waals surface area contributed by atoms with Gasteiger partial charge in [-0.15, -0.1) is 0 Å². The number of amides is 1. The molecule has 5 heterocycles. The Bertz CT molecular complexity index is 1620. The number of carbonyl (C=O) groups is 1. The zero-order valence-corrected chi connectivity index (χ0v) is 21.5. The molecule has 8 heteroatoms. The normalized spacial score (nSPS) is 15.9. The number of carbonyl (C=O) groups excluding carboxylic acids is 1. The van der Waals surface area contributed by atoms with Crippen LogP contribution < -0.4 is 0 Å². The lowest BCUT2D eigenvalue weighted by atomic mass is 9.99. The number of aromatic amines is 1. The number of fused-ring (bicyclic) bond motifs is 3. The van der Waals surface area contributed by atoms with Crippen molar-refractivity contribution in [1.29, 1.82) is 0 Å². The molecule has 1 saturated heterocycles. The highest BCUT2D eigenvalue weighted by Crippen LogP contribution is 2.36. The molecule has 38 heavy (non-hydrogen) atoms. The van der Waals surface area contributed by atoms with Gasteiger partial charge in [-0.05, 0) is 68.8 Å². The van der Waals surface area contributed by atoms with E-state index < -0.39 is 5.82 Å². The van der Waals surface area contributed by atoms with Crippen molar-refractivity contribution in [3.8, 4) is 22.4 Å². The molecular formula is C30H29FN6O. The van der Waals surface area contributed by atoms with Gasteiger partial charge in [0.25, 0.3) is 5.91 Å². The van der Waals surface area contributed by atoms with Gasteiger partial charge >= 0.3 is 0 Å². The van der Waals surface area contributed by atoms with E-state index in [-0.39, 0.29) is 5.91 Å². The molecule has 1 unspecified atom stereocenters. The third-order valence-electron chi connectivity index (χ3n) is 7.47. The Labute approximate surface area is 220 Å². The summed E-state index contributed by atoms with van der Waals surface area (Å²) in [5, 5.41) is 1.52. The first kappa shape index (κ1) is 24.2. The molecule has 0 aliphatic carbocycles. The minimum atomic E-state index is -0.419. The van der Waals surface area contributed by atoms with Crippen LogP contribution in [0.15, 0.2) is 67.3 Å².